The van der Waals surface area contributed by atoms with Gasteiger partial charge in [0.1, 0.15) is 5.75 Å². The summed E-state index contributed by atoms with van der Waals surface area (Å²) in [6, 6.07) is 6.96. The third kappa shape index (κ3) is 5.38. The fraction of sp³-hybridized carbons (Fsp3) is 0.588. The molecule has 1 aromatic rings. The second kappa shape index (κ2) is 8.03. The van der Waals surface area contributed by atoms with Crippen molar-refractivity contribution in [2.24, 2.45) is 0 Å². The van der Waals surface area contributed by atoms with Crippen LogP contribution in [0.4, 0.5) is 0 Å². The Labute approximate surface area is 127 Å². The molecule has 1 heterocycles. The Bertz CT molecular complexity index is 439. The number of carbonyl (C=O) groups is 1. The minimum atomic E-state index is -0.0203. The maximum atomic E-state index is 12.0. The molecule has 0 bridgehead atoms. The van der Waals surface area contributed by atoms with Crippen molar-refractivity contribution in [2.75, 3.05) is 19.6 Å². The average Bonchev–Trinajstić information content (AvgIpc) is 2.49. The second-order valence-corrected chi connectivity index (χ2v) is 5.89. The van der Waals surface area contributed by atoms with Gasteiger partial charge in [-0.15, -0.1) is 0 Å². The van der Waals surface area contributed by atoms with E-state index >= 15 is 0 Å². The molecule has 21 heavy (non-hydrogen) atoms. The van der Waals surface area contributed by atoms with Crippen molar-refractivity contribution in [3.05, 3.63) is 29.8 Å². The second-order valence-electron chi connectivity index (χ2n) is 5.89. The summed E-state index contributed by atoms with van der Waals surface area (Å²) in [5.74, 6) is 0.353. The van der Waals surface area contributed by atoms with Gasteiger partial charge in [0.2, 0.25) is 5.91 Å². The number of nitrogens with one attached hydrogen (secondary N) is 1. The number of phenols is 1. The van der Waals surface area contributed by atoms with Crippen LogP contribution in [0.1, 0.15) is 50.6 Å². The Kier molecular flexibility index (Phi) is 6.05. The van der Waals surface area contributed by atoms with Gasteiger partial charge in [-0.3, -0.25) is 4.79 Å². The SMILES string of the molecule is C[C@H](NC(=O)CCCN1CCCCC1)c1ccc(O)cc1. The zero-order valence-electron chi connectivity index (χ0n) is 12.8. The van der Waals surface area contributed by atoms with E-state index in [1.54, 1.807) is 12.1 Å². The highest BCUT2D eigenvalue weighted by molar-refractivity contribution is 5.76. The first kappa shape index (κ1) is 15.8. The molecule has 116 valence electrons. The average molecular weight is 290 g/mol. The molecule has 1 aromatic carbocycles. The topological polar surface area (TPSA) is 52.6 Å². The lowest BCUT2D eigenvalue weighted by molar-refractivity contribution is -0.121. The Balaban J connectivity index is 1.67. The van der Waals surface area contributed by atoms with Crippen LogP contribution in [-0.4, -0.2) is 35.5 Å². The fourth-order valence-electron chi connectivity index (χ4n) is 2.81. The number of phenolic OH excluding ortho intramolecular Hbond substituents is 1. The molecule has 1 fully saturated rings. The van der Waals surface area contributed by atoms with Gasteiger partial charge in [-0.05, 0) is 63.5 Å². The molecule has 1 atom stereocenters. The Morgan fingerprint density at radius 3 is 2.57 bits per heavy atom. The number of amides is 1. The van der Waals surface area contributed by atoms with Gasteiger partial charge in [-0.25, -0.2) is 0 Å². The molecule has 0 spiro atoms. The number of benzene rings is 1. The molecule has 1 amide bonds. The lowest BCUT2D eigenvalue weighted by Gasteiger charge is -2.26. The van der Waals surface area contributed by atoms with Gasteiger partial charge < -0.3 is 15.3 Å². The van der Waals surface area contributed by atoms with E-state index in [1.165, 1.54) is 32.4 Å². The molecule has 0 aromatic heterocycles. The van der Waals surface area contributed by atoms with E-state index in [-0.39, 0.29) is 17.7 Å². The third-order valence-electron chi connectivity index (χ3n) is 4.10. The summed E-state index contributed by atoms with van der Waals surface area (Å²) >= 11 is 0. The Hall–Kier alpha value is -1.55. The van der Waals surface area contributed by atoms with Gasteiger partial charge in [0.05, 0.1) is 6.04 Å². The number of nitrogens with zero attached hydrogens (tertiary/aromatic N) is 1. The van der Waals surface area contributed by atoms with Crippen molar-refractivity contribution in [3.8, 4) is 5.75 Å². The molecule has 4 heteroatoms. The van der Waals surface area contributed by atoms with E-state index < -0.39 is 0 Å². The van der Waals surface area contributed by atoms with Crippen molar-refractivity contribution in [1.82, 2.24) is 10.2 Å². The minimum Gasteiger partial charge on any atom is -0.508 e. The summed E-state index contributed by atoms with van der Waals surface area (Å²) < 4.78 is 0. The molecule has 0 aliphatic carbocycles. The van der Waals surface area contributed by atoms with Crippen LogP contribution >= 0.6 is 0 Å². The number of rotatable bonds is 6. The summed E-state index contributed by atoms with van der Waals surface area (Å²) in [4.78, 5) is 14.4. The van der Waals surface area contributed by atoms with Gasteiger partial charge in [0.15, 0.2) is 0 Å². The molecule has 0 saturated carbocycles. The zero-order valence-corrected chi connectivity index (χ0v) is 12.8. The maximum Gasteiger partial charge on any atom is 0.220 e. The van der Waals surface area contributed by atoms with E-state index in [0.29, 0.717) is 6.42 Å². The number of aromatic hydroxyl groups is 1. The molecule has 2 rings (SSSR count). The summed E-state index contributed by atoms with van der Waals surface area (Å²) in [6.45, 7) is 5.37. The maximum absolute atomic E-state index is 12.0. The molecular weight excluding hydrogens is 264 g/mol. The van der Waals surface area contributed by atoms with Crippen LogP contribution in [-0.2, 0) is 4.79 Å². The molecule has 1 aliphatic heterocycles. The van der Waals surface area contributed by atoms with Crippen LogP contribution in [0.15, 0.2) is 24.3 Å². The van der Waals surface area contributed by atoms with Crippen molar-refractivity contribution in [2.45, 2.75) is 45.1 Å². The van der Waals surface area contributed by atoms with Crippen LogP contribution in [0.2, 0.25) is 0 Å². The standard InChI is InChI=1S/C17H26N2O2/c1-14(15-7-9-16(20)10-8-15)18-17(21)6-5-13-19-11-3-2-4-12-19/h7-10,14,20H,2-6,11-13H2,1H3,(H,18,21)/t14-/m0/s1. The first-order valence-electron chi connectivity index (χ1n) is 7.96. The monoisotopic (exact) mass is 290 g/mol. The lowest BCUT2D eigenvalue weighted by atomic mass is 10.1. The van der Waals surface area contributed by atoms with E-state index in [2.05, 4.69) is 10.2 Å². The van der Waals surface area contributed by atoms with Crippen LogP contribution in [0, 0.1) is 0 Å². The highest BCUT2D eigenvalue weighted by atomic mass is 16.3. The highest BCUT2D eigenvalue weighted by Gasteiger charge is 2.12. The molecular formula is C17H26N2O2. The highest BCUT2D eigenvalue weighted by Crippen LogP contribution is 2.16. The first-order valence-corrected chi connectivity index (χ1v) is 7.96. The molecule has 1 aliphatic rings. The zero-order chi connectivity index (χ0) is 15.1. The van der Waals surface area contributed by atoms with Crippen molar-refractivity contribution < 1.29 is 9.90 Å². The van der Waals surface area contributed by atoms with Crippen LogP contribution < -0.4 is 5.32 Å². The van der Waals surface area contributed by atoms with Gasteiger partial charge in [0, 0.05) is 6.42 Å². The lowest BCUT2D eigenvalue weighted by Crippen LogP contribution is -2.32. The molecule has 2 N–H and O–H groups in total. The number of hydrogen-bond acceptors (Lipinski definition) is 3. The summed E-state index contributed by atoms with van der Waals surface area (Å²) in [6.07, 6.45) is 5.45. The van der Waals surface area contributed by atoms with Crippen molar-refractivity contribution in [3.63, 3.8) is 0 Å². The largest absolute Gasteiger partial charge is 0.508 e. The predicted octanol–water partition coefficient (Wildman–Crippen LogP) is 2.84. The number of carbonyl (C=O) groups excluding carboxylic acids is 1. The van der Waals surface area contributed by atoms with Crippen LogP contribution in [0.25, 0.3) is 0 Å². The Morgan fingerprint density at radius 1 is 1.24 bits per heavy atom. The van der Waals surface area contributed by atoms with Gasteiger partial charge in [-0.2, -0.15) is 0 Å². The van der Waals surface area contributed by atoms with Crippen LogP contribution in [0.3, 0.4) is 0 Å². The summed E-state index contributed by atoms with van der Waals surface area (Å²) in [7, 11) is 0. The quantitative estimate of drug-likeness (QED) is 0.847. The fourth-order valence-corrected chi connectivity index (χ4v) is 2.81. The normalized spacial score (nSPS) is 17.4. The van der Waals surface area contributed by atoms with E-state index in [0.717, 1.165) is 18.5 Å². The van der Waals surface area contributed by atoms with E-state index in [9.17, 15) is 9.90 Å². The molecule has 0 unspecified atom stereocenters. The molecule has 1 saturated heterocycles. The predicted molar refractivity (Wildman–Crippen MR) is 84.2 cm³/mol. The minimum absolute atomic E-state index is 0.0203. The van der Waals surface area contributed by atoms with E-state index in [1.807, 2.05) is 19.1 Å². The van der Waals surface area contributed by atoms with Crippen LogP contribution in [0.5, 0.6) is 5.75 Å². The third-order valence-corrected chi connectivity index (χ3v) is 4.10. The number of likely N-dealkylation sites (tertiary alicyclic amines) is 1. The molecule has 4 nitrogen and oxygen atoms in total. The number of hydrogen-bond donors (Lipinski definition) is 2. The number of piperidine rings is 1. The van der Waals surface area contributed by atoms with Gasteiger partial charge in [0.25, 0.3) is 0 Å². The van der Waals surface area contributed by atoms with Gasteiger partial charge >= 0.3 is 0 Å². The first-order chi connectivity index (χ1) is 10.1. The van der Waals surface area contributed by atoms with Crippen molar-refractivity contribution in [1.29, 1.82) is 0 Å². The molecule has 0 radical (unpaired) electrons. The Morgan fingerprint density at radius 2 is 1.90 bits per heavy atom. The van der Waals surface area contributed by atoms with Gasteiger partial charge in [-0.1, -0.05) is 18.6 Å². The summed E-state index contributed by atoms with van der Waals surface area (Å²) in [5.41, 5.74) is 1.01. The van der Waals surface area contributed by atoms with Crippen molar-refractivity contribution >= 4 is 5.91 Å². The summed E-state index contributed by atoms with van der Waals surface area (Å²) in [5, 5.41) is 12.3. The van der Waals surface area contributed by atoms with E-state index in [4.69, 9.17) is 0 Å². The smallest absolute Gasteiger partial charge is 0.220 e.